The van der Waals surface area contributed by atoms with Gasteiger partial charge in [0, 0.05) is 28.4 Å². The molecule has 1 aliphatic rings. The number of anilines is 1. The molecular weight excluding hydrogens is 396 g/mol. The Balaban J connectivity index is 1.35. The van der Waals surface area contributed by atoms with Crippen molar-refractivity contribution in [1.29, 1.82) is 0 Å². The molecule has 158 valence electrons. The Morgan fingerprint density at radius 3 is 2.38 bits per heavy atom. The monoisotopic (exact) mass is 420 g/mol. The highest BCUT2D eigenvalue weighted by atomic mass is 16.1. The predicted molar refractivity (Wildman–Crippen MR) is 128 cm³/mol. The van der Waals surface area contributed by atoms with Crippen molar-refractivity contribution in [1.82, 2.24) is 9.78 Å². The van der Waals surface area contributed by atoms with E-state index in [1.54, 1.807) is 0 Å². The number of hydrogen-bond donors (Lipinski definition) is 1. The number of carbonyl (C=O) groups is 1. The van der Waals surface area contributed by atoms with E-state index in [4.69, 9.17) is 4.99 Å². The van der Waals surface area contributed by atoms with Crippen LogP contribution in [0.25, 0.3) is 5.69 Å². The maximum absolute atomic E-state index is 12.6. The van der Waals surface area contributed by atoms with Crippen LogP contribution in [0.15, 0.2) is 90.2 Å². The van der Waals surface area contributed by atoms with Crippen LogP contribution in [-0.2, 0) is 5.41 Å². The molecule has 0 radical (unpaired) electrons. The Labute approximate surface area is 187 Å². The van der Waals surface area contributed by atoms with Gasteiger partial charge in [-0.05, 0) is 55.0 Å². The van der Waals surface area contributed by atoms with Crippen molar-refractivity contribution in [2.75, 3.05) is 5.32 Å². The lowest BCUT2D eigenvalue weighted by molar-refractivity contribution is 0.102. The summed E-state index contributed by atoms with van der Waals surface area (Å²) in [6, 6.07) is 23.4. The summed E-state index contributed by atoms with van der Waals surface area (Å²) in [7, 11) is 0. The van der Waals surface area contributed by atoms with E-state index in [-0.39, 0.29) is 11.3 Å². The van der Waals surface area contributed by atoms with Gasteiger partial charge in [0.2, 0.25) is 0 Å². The van der Waals surface area contributed by atoms with E-state index in [1.807, 2.05) is 78.6 Å². The number of amides is 1. The molecule has 1 amide bonds. The third-order valence-electron chi connectivity index (χ3n) is 5.96. The van der Waals surface area contributed by atoms with Crippen molar-refractivity contribution >= 4 is 23.0 Å². The van der Waals surface area contributed by atoms with Crippen molar-refractivity contribution < 1.29 is 4.79 Å². The summed E-state index contributed by atoms with van der Waals surface area (Å²) in [4.78, 5) is 17.4. The van der Waals surface area contributed by atoms with Crippen molar-refractivity contribution in [2.24, 2.45) is 4.99 Å². The van der Waals surface area contributed by atoms with Gasteiger partial charge >= 0.3 is 0 Å². The fourth-order valence-corrected chi connectivity index (χ4v) is 4.10. The Morgan fingerprint density at radius 2 is 1.66 bits per heavy atom. The molecule has 4 aromatic rings. The van der Waals surface area contributed by atoms with E-state index in [9.17, 15) is 4.79 Å². The lowest BCUT2D eigenvalue weighted by Gasteiger charge is -2.21. The molecule has 0 aliphatic carbocycles. The molecule has 0 atom stereocenters. The molecular formula is C27H24N4O. The summed E-state index contributed by atoms with van der Waals surface area (Å²) in [6.07, 6.45) is 3.85. The highest BCUT2D eigenvalue weighted by molar-refractivity contribution is 6.12. The van der Waals surface area contributed by atoms with Crippen LogP contribution in [0.1, 0.15) is 40.9 Å². The van der Waals surface area contributed by atoms with Gasteiger partial charge in [-0.2, -0.15) is 5.10 Å². The van der Waals surface area contributed by atoms with Gasteiger partial charge in [0.1, 0.15) is 0 Å². The molecule has 5 nitrogen and oxygen atoms in total. The zero-order chi connectivity index (χ0) is 22.3. The van der Waals surface area contributed by atoms with E-state index in [2.05, 4.69) is 42.5 Å². The highest BCUT2D eigenvalue weighted by Crippen LogP contribution is 2.41. The molecule has 0 fully saturated rings. The van der Waals surface area contributed by atoms with Crippen molar-refractivity contribution in [2.45, 2.75) is 26.2 Å². The molecule has 3 aromatic carbocycles. The van der Waals surface area contributed by atoms with E-state index < -0.39 is 0 Å². The minimum Gasteiger partial charge on any atom is -0.322 e. The summed E-state index contributed by atoms with van der Waals surface area (Å²) < 4.78 is 1.82. The van der Waals surface area contributed by atoms with E-state index in [0.29, 0.717) is 5.56 Å². The van der Waals surface area contributed by atoms with E-state index >= 15 is 0 Å². The molecule has 0 unspecified atom stereocenters. The van der Waals surface area contributed by atoms with Crippen molar-refractivity contribution in [3.05, 3.63) is 107 Å². The van der Waals surface area contributed by atoms with Gasteiger partial charge in [0.05, 0.1) is 23.3 Å². The van der Waals surface area contributed by atoms with Gasteiger partial charge in [-0.15, -0.1) is 0 Å². The zero-order valence-electron chi connectivity index (χ0n) is 18.3. The fourth-order valence-electron chi connectivity index (χ4n) is 4.10. The van der Waals surface area contributed by atoms with Gasteiger partial charge in [-0.1, -0.05) is 49.7 Å². The maximum atomic E-state index is 12.6. The number of carbonyl (C=O) groups excluding carboxylic acids is 1. The average Bonchev–Trinajstić information content (AvgIpc) is 3.38. The third-order valence-corrected chi connectivity index (χ3v) is 5.96. The largest absolute Gasteiger partial charge is 0.322 e. The van der Waals surface area contributed by atoms with E-state index in [0.717, 1.165) is 33.9 Å². The lowest BCUT2D eigenvalue weighted by atomic mass is 9.80. The number of aromatic nitrogens is 2. The first-order valence-electron chi connectivity index (χ1n) is 10.6. The minimum absolute atomic E-state index is 0.138. The molecule has 32 heavy (non-hydrogen) atoms. The molecule has 1 aliphatic heterocycles. The van der Waals surface area contributed by atoms with Gasteiger partial charge in [0.25, 0.3) is 5.91 Å². The minimum atomic E-state index is -0.178. The number of benzene rings is 3. The first kappa shape index (κ1) is 19.9. The molecule has 1 N–H and O–H groups in total. The van der Waals surface area contributed by atoms with Gasteiger partial charge in [0.15, 0.2) is 0 Å². The first-order valence-corrected chi connectivity index (χ1v) is 10.6. The molecule has 0 saturated heterocycles. The summed E-state index contributed by atoms with van der Waals surface area (Å²) in [5.41, 5.74) is 7.49. The van der Waals surface area contributed by atoms with Gasteiger partial charge < -0.3 is 5.32 Å². The van der Waals surface area contributed by atoms with Crippen LogP contribution in [0.4, 0.5) is 11.4 Å². The topological polar surface area (TPSA) is 59.3 Å². The molecule has 0 bridgehead atoms. The summed E-state index contributed by atoms with van der Waals surface area (Å²) >= 11 is 0. The van der Waals surface area contributed by atoms with Gasteiger partial charge in [-0.3, -0.25) is 9.79 Å². The van der Waals surface area contributed by atoms with Crippen LogP contribution in [-0.4, -0.2) is 21.4 Å². The van der Waals surface area contributed by atoms with Crippen LogP contribution >= 0.6 is 0 Å². The van der Waals surface area contributed by atoms with Crippen molar-refractivity contribution in [3.63, 3.8) is 0 Å². The quantitative estimate of drug-likeness (QED) is 0.450. The lowest BCUT2D eigenvalue weighted by Crippen LogP contribution is -2.26. The normalized spacial score (nSPS) is 14.0. The summed E-state index contributed by atoms with van der Waals surface area (Å²) in [6.45, 7) is 6.40. The molecule has 5 heteroatoms. The fraction of sp³-hybridized carbons (Fsp3) is 0.148. The number of hydrogen-bond acceptors (Lipinski definition) is 3. The number of nitrogens with one attached hydrogen (secondary N) is 1. The third kappa shape index (κ3) is 3.52. The number of aryl methyl sites for hydroxylation is 1. The number of para-hydroxylation sites is 1. The van der Waals surface area contributed by atoms with Crippen LogP contribution in [0.2, 0.25) is 0 Å². The van der Waals surface area contributed by atoms with Crippen molar-refractivity contribution in [3.8, 4) is 5.69 Å². The SMILES string of the molecule is Cc1ccc(NC(=O)c2ccc(-n3cc(C4=Nc5ccccc5C4(C)C)cn3)cc2)cc1. The van der Waals surface area contributed by atoms with E-state index in [1.165, 1.54) is 5.56 Å². The van der Waals surface area contributed by atoms with Crippen LogP contribution < -0.4 is 5.32 Å². The van der Waals surface area contributed by atoms with Crippen LogP contribution in [0, 0.1) is 6.92 Å². The first-order chi connectivity index (χ1) is 15.4. The second-order valence-corrected chi connectivity index (χ2v) is 8.64. The number of nitrogens with zero attached hydrogens (tertiary/aromatic N) is 3. The number of rotatable bonds is 4. The Morgan fingerprint density at radius 1 is 0.938 bits per heavy atom. The number of aliphatic imine (C=N–C) groups is 1. The predicted octanol–water partition coefficient (Wildman–Crippen LogP) is 5.85. The second-order valence-electron chi connectivity index (χ2n) is 8.64. The van der Waals surface area contributed by atoms with Crippen LogP contribution in [0.3, 0.4) is 0 Å². The second kappa shape index (κ2) is 7.61. The smallest absolute Gasteiger partial charge is 0.255 e. The van der Waals surface area contributed by atoms with Crippen LogP contribution in [0.5, 0.6) is 0 Å². The summed E-state index contributed by atoms with van der Waals surface area (Å²) in [5, 5.41) is 7.47. The average molecular weight is 421 g/mol. The zero-order valence-corrected chi connectivity index (χ0v) is 18.3. The Kier molecular flexibility index (Phi) is 4.74. The Bertz CT molecular complexity index is 1330. The summed E-state index contributed by atoms with van der Waals surface area (Å²) in [5.74, 6) is -0.138. The molecule has 5 rings (SSSR count). The molecule has 2 heterocycles. The standard InChI is InChI=1S/C27H24N4O/c1-18-8-12-21(13-9-18)29-26(32)19-10-14-22(15-11-19)31-17-20(16-28-31)25-27(2,3)23-6-4-5-7-24(23)30-25/h4-17H,1-3H3,(H,29,32). The molecule has 0 saturated carbocycles. The number of fused-ring (bicyclic) bond motifs is 1. The maximum Gasteiger partial charge on any atom is 0.255 e. The highest BCUT2D eigenvalue weighted by Gasteiger charge is 2.36. The molecule has 1 aromatic heterocycles. The van der Waals surface area contributed by atoms with Gasteiger partial charge in [-0.25, -0.2) is 4.68 Å². The Hall–Kier alpha value is -3.99. The molecule has 0 spiro atoms.